The van der Waals surface area contributed by atoms with E-state index in [9.17, 15) is 4.79 Å². The molecular formula is C15H13BrO3. The molecule has 0 bridgehead atoms. The number of rotatable bonds is 4. The van der Waals surface area contributed by atoms with E-state index in [-0.39, 0.29) is 12.2 Å². The molecule has 0 aromatic heterocycles. The van der Waals surface area contributed by atoms with E-state index in [0.717, 1.165) is 10.0 Å². The minimum absolute atomic E-state index is 0.226. The molecule has 0 amide bonds. The van der Waals surface area contributed by atoms with E-state index in [1.165, 1.54) is 0 Å². The monoisotopic (exact) mass is 320 g/mol. The van der Waals surface area contributed by atoms with Gasteiger partial charge in [-0.15, -0.1) is 0 Å². The van der Waals surface area contributed by atoms with Gasteiger partial charge in [0.1, 0.15) is 12.4 Å². The van der Waals surface area contributed by atoms with Crippen molar-refractivity contribution >= 4 is 21.9 Å². The summed E-state index contributed by atoms with van der Waals surface area (Å²) >= 11 is 3.43. The van der Waals surface area contributed by atoms with Crippen molar-refractivity contribution in [3.05, 3.63) is 63.6 Å². The molecule has 0 aliphatic rings. The van der Waals surface area contributed by atoms with Crippen molar-refractivity contribution in [2.45, 2.75) is 13.5 Å². The maximum absolute atomic E-state index is 11.1. The number of ether oxygens (including phenoxy) is 1. The lowest BCUT2D eigenvalue weighted by molar-refractivity contribution is 0.0694. The fraction of sp³-hybridized carbons (Fsp3) is 0.133. The Morgan fingerprint density at radius 3 is 2.68 bits per heavy atom. The lowest BCUT2D eigenvalue weighted by atomic mass is 10.1. The highest BCUT2D eigenvalue weighted by Gasteiger charge is 2.10. The quantitative estimate of drug-likeness (QED) is 0.924. The average Bonchev–Trinajstić information content (AvgIpc) is 2.38. The zero-order valence-corrected chi connectivity index (χ0v) is 12.0. The molecule has 0 aliphatic carbocycles. The Bertz CT molecular complexity index is 608. The molecule has 0 radical (unpaired) electrons. The highest BCUT2D eigenvalue weighted by Crippen LogP contribution is 2.26. The third-order valence-corrected chi connectivity index (χ3v) is 3.34. The van der Waals surface area contributed by atoms with Crippen LogP contribution in [-0.4, -0.2) is 11.1 Å². The minimum Gasteiger partial charge on any atom is -0.488 e. The maximum atomic E-state index is 11.1. The lowest BCUT2D eigenvalue weighted by Crippen LogP contribution is -2.05. The molecule has 2 aromatic carbocycles. The maximum Gasteiger partial charge on any atom is 0.336 e. The third-order valence-electron chi connectivity index (χ3n) is 2.72. The first kappa shape index (κ1) is 13.6. The Labute approximate surface area is 120 Å². The molecule has 0 atom stereocenters. The molecular weight excluding hydrogens is 308 g/mol. The van der Waals surface area contributed by atoms with Crippen molar-refractivity contribution in [1.29, 1.82) is 0 Å². The van der Waals surface area contributed by atoms with Gasteiger partial charge in [-0.1, -0.05) is 24.3 Å². The summed E-state index contributed by atoms with van der Waals surface area (Å²) in [5.41, 5.74) is 2.05. The normalized spacial score (nSPS) is 10.2. The highest BCUT2D eigenvalue weighted by molar-refractivity contribution is 9.10. The van der Waals surface area contributed by atoms with Crippen LogP contribution in [0.2, 0.25) is 0 Å². The number of aryl methyl sites for hydroxylation is 1. The summed E-state index contributed by atoms with van der Waals surface area (Å²) in [6.45, 7) is 2.22. The molecule has 0 spiro atoms. The molecule has 3 nitrogen and oxygen atoms in total. The zero-order chi connectivity index (χ0) is 13.8. The van der Waals surface area contributed by atoms with Gasteiger partial charge in [-0.05, 0) is 46.6 Å². The topological polar surface area (TPSA) is 46.5 Å². The number of carboxylic acids is 1. The predicted octanol–water partition coefficient (Wildman–Crippen LogP) is 4.03. The molecule has 0 aliphatic heterocycles. The summed E-state index contributed by atoms with van der Waals surface area (Å²) in [4.78, 5) is 11.1. The molecule has 0 saturated carbocycles. The largest absolute Gasteiger partial charge is 0.488 e. The van der Waals surface area contributed by atoms with E-state index in [1.807, 2.05) is 25.1 Å². The summed E-state index contributed by atoms with van der Waals surface area (Å²) in [5.74, 6) is -0.243. The van der Waals surface area contributed by atoms with Crippen LogP contribution in [0.1, 0.15) is 21.5 Å². The number of halogens is 1. The van der Waals surface area contributed by atoms with Crippen molar-refractivity contribution in [1.82, 2.24) is 0 Å². The second-order valence-electron chi connectivity index (χ2n) is 4.18. The van der Waals surface area contributed by atoms with Gasteiger partial charge in [-0.3, -0.25) is 0 Å². The number of carboxylic acid groups (broad SMARTS) is 1. The predicted molar refractivity (Wildman–Crippen MR) is 76.6 cm³/mol. The molecule has 0 unspecified atom stereocenters. The van der Waals surface area contributed by atoms with Gasteiger partial charge in [0.25, 0.3) is 0 Å². The van der Waals surface area contributed by atoms with Crippen LogP contribution >= 0.6 is 15.9 Å². The molecule has 2 aromatic rings. The van der Waals surface area contributed by atoms with Crippen LogP contribution < -0.4 is 4.74 Å². The Hall–Kier alpha value is -1.81. The van der Waals surface area contributed by atoms with Crippen LogP contribution in [0.15, 0.2) is 46.9 Å². The molecule has 1 N–H and O–H groups in total. The minimum atomic E-state index is -0.942. The Morgan fingerprint density at radius 2 is 2.00 bits per heavy atom. The van der Waals surface area contributed by atoms with Crippen LogP contribution in [0, 0.1) is 6.92 Å². The van der Waals surface area contributed by atoms with E-state index in [1.54, 1.807) is 24.3 Å². The van der Waals surface area contributed by atoms with Crippen molar-refractivity contribution < 1.29 is 14.6 Å². The first-order chi connectivity index (χ1) is 9.08. The lowest BCUT2D eigenvalue weighted by Gasteiger charge is -2.10. The zero-order valence-electron chi connectivity index (χ0n) is 10.4. The smallest absolute Gasteiger partial charge is 0.336 e. The summed E-state index contributed by atoms with van der Waals surface area (Å²) in [5, 5.41) is 9.09. The molecule has 0 fully saturated rings. The number of hydrogen-bond donors (Lipinski definition) is 1. The van der Waals surface area contributed by atoms with Gasteiger partial charge in [0, 0.05) is 5.56 Å². The highest BCUT2D eigenvalue weighted by atomic mass is 79.9. The molecule has 98 valence electrons. The first-order valence-corrected chi connectivity index (χ1v) is 6.57. The van der Waals surface area contributed by atoms with Gasteiger partial charge >= 0.3 is 5.97 Å². The fourth-order valence-electron chi connectivity index (χ4n) is 1.73. The van der Waals surface area contributed by atoms with Crippen molar-refractivity contribution in [3.8, 4) is 5.75 Å². The molecule has 0 saturated heterocycles. The van der Waals surface area contributed by atoms with E-state index in [2.05, 4.69) is 15.9 Å². The summed E-state index contributed by atoms with van der Waals surface area (Å²) in [6.07, 6.45) is 0. The van der Waals surface area contributed by atoms with Gasteiger partial charge in [0.2, 0.25) is 0 Å². The molecule has 0 heterocycles. The van der Waals surface area contributed by atoms with Gasteiger partial charge < -0.3 is 9.84 Å². The number of hydrogen-bond acceptors (Lipinski definition) is 2. The van der Waals surface area contributed by atoms with Crippen LogP contribution in [0.25, 0.3) is 0 Å². The Morgan fingerprint density at radius 1 is 1.26 bits per heavy atom. The number of carbonyl (C=O) groups is 1. The van der Waals surface area contributed by atoms with Gasteiger partial charge in [0.15, 0.2) is 0 Å². The SMILES string of the molecule is Cc1ccc(OCc2ccccc2C(=O)O)c(Br)c1. The van der Waals surface area contributed by atoms with Gasteiger partial charge in [-0.2, -0.15) is 0 Å². The summed E-state index contributed by atoms with van der Waals surface area (Å²) in [7, 11) is 0. The van der Waals surface area contributed by atoms with Crippen LogP contribution in [-0.2, 0) is 6.61 Å². The summed E-state index contributed by atoms with van der Waals surface area (Å²) < 4.78 is 6.52. The average molecular weight is 321 g/mol. The molecule has 19 heavy (non-hydrogen) atoms. The van der Waals surface area contributed by atoms with Crippen LogP contribution in [0.4, 0.5) is 0 Å². The number of benzene rings is 2. The molecule has 4 heteroatoms. The van der Waals surface area contributed by atoms with Gasteiger partial charge in [-0.25, -0.2) is 4.79 Å². The molecule has 2 rings (SSSR count). The Kier molecular flexibility index (Phi) is 4.22. The van der Waals surface area contributed by atoms with E-state index >= 15 is 0 Å². The first-order valence-electron chi connectivity index (χ1n) is 5.78. The van der Waals surface area contributed by atoms with Gasteiger partial charge in [0.05, 0.1) is 10.0 Å². The Balaban J connectivity index is 2.17. The summed E-state index contributed by atoms with van der Waals surface area (Å²) in [6, 6.07) is 12.6. The van der Waals surface area contributed by atoms with Crippen molar-refractivity contribution in [2.24, 2.45) is 0 Å². The fourth-order valence-corrected chi connectivity index (χ4v) is 2.34. The van der Waals surface area contributed by atoms with E-state index < -0.39 is 5.97 Å². The van der Waals surface area contributed by atoms with Crippen molar-refractivity contribution in [3.63, 3.8) is 0 Å². The third kappa shape index (κ3) is 3.35. The second-order valence-corrected chi connectivity index (χ2v) is 5.04. The van der Waals surface area contributed by atoms with E-state index in [4.69, 9.17) is 9.84 Å². The van der Waals surface area contributed by atoms with E-state index in [0.29, 0.717) is 11.3 Å². The van der Waals surface area contributed by atoms with Crippen LogP contribution in [0.3, 0.4) is 0 Å². The van der Waals surface area contributed by atoms with Crippen LogP contribution in [0.5, 0.6) is 5.75 Å². The number of aromatic carboxylic acids is 1. The van der Waals surface area contributed by atoms with Crippen molar-refractivity contribution in [2.75, 3.05) is 0 Å². The standard InChI is InChI=1S/C15H13BrO3/c1-10-6-7-14(13(16)8-10)19-9-11-4-2-3-5-12(11)15(17)18/h2-8H,9H2,1H3,(H,17,18). The second kappa shape index (κ2) is 5.89.